The average molecular weight is 182 g/mol. The van der Waals surface area contributed by atoms with E-state index in [2.05, 4.69) is 20.1 Å². The van der Waals surface area contributed by atoms with Gasteiger partial charge in [-0.15, -0.1) is 0 Å². The van der Waals surface area contributed by atoms with E-state index in [9.17, 15) is 4.79 Å². The summed E-state index contributed by atoms with van der Waals surface area (Å²) in [6.07, 6.45) is 2.84. The maximum Gasteiger partial charge on any atom is 0.201 e. The molecule has 13 heavy (non-hydrogen) atoms. The van der Waals surface area contributed by atoms with E-state index >= 15 is 0 Å². The monoisotopic (exact) mass is 182 g/mol. The second-order valence-corrected chi connectivity index (χ2v) is 2.38. The lowest BCUT2D eigenvalue weighted by Crippen LogP contribution is -2.18. The molecule has 1 aromatic rings. The zero-order valence-electron chi connectivity index (χ0n) is 7.47. The number of carbonyl (C=O) groups excluding carboxylic acids is 1. The van der Waals surface area contributed by atoms with E-state index in [4.69, 9.17) is 0 Å². The smallest absolute Gasteiger partial charge is 0.201 e. The van der Waals surface area contributed by atoms with E-state index in [1.165, 1.54) is 24.4 Å². The van der Waals surface area contributed by atoms with Gasteiger partial charge in [0, 0.05) is 0 Å². The average Bonchev–Trinajstić information content (AvgIpc) is 2.57. The highest BCUT2D eigenvalue weighted by molar-refractivity contribution is 6.38. The third-order valence-electron chi connectivity index (χ3n) is 1.40. The van der Waals surface area contributed by atoms with Crippen molar-refractivity contribution in [1.29, 1.82) is 0 Å². The first-order chi connectivity index (χ1) is 6.24. The molecule has 0 atom stereocenters. The van der Waals surface area contributed by atoms with Gasteiger partial charge >= 0.3 is 0 Å². The van der Waals surface area contributed by atoms with Gasteiger partial charge in [-0.05, 0) is 6.92 Å². The molecular formula is C7H10N4O2. The minimum atomic E-state index is -0.146. The summed E-state index contributed by atoms with van der Waals surface area (Å²) in [6.45, 7) is 1.72. The highest BCUT2D eigenvalue weighted by Crippen LogP contribution is 1.87. The lowest BCUT2D eigenvalue weighted by Gasteiger charge is -1.98. The summed E-state index contributed by atoms with van der Waals surface area (Å²) in [4.78, 5) is 19.5. The zero-order valence-corrected chi connectivity index (χ0v) is 7.47. The normalized spacial score (nSPS) is 11.4. The molecule has 0 saturated carbocycles. The molecule has 0 aromatic carbocycles. The number of nitrogens with zero attached hydrogens (tertiary/aromatic N) is 4. The van der Waals surface area contributed by atoms with Crippen LogP contribution >= 0.6 is 0 Å². The van der Waals surface area contributed by atoms with Gasteiger partial charge in [0.15, 0.2) is 0 Å². The Hall–Kier alpha value is -1.72. The molecule has 0 spiro atoms. The van der Waals surface area contributed by atoms with Crippen LogP contribution in [0, 0.1) is 0 Å². The molecule has 0 fully saturated rings. The summed E-state index contributed by atoms with van der Waals surface area (Å²) in [5.41, 5.74) is 0.318. The second-order valence-electron chi connectivity index (χ2n) is 2.38. The highest BCUT2D eigenvalue weighted by Gasteiger charge is 2.07. The summed E-state index contributed by atoms with van der Waals surface area (Å²) in [6, 6.07) is 0. The highest BCUT2D eigenvalue weighted by atomic mass is 16.6. The van der Waals surface area contributed by atoms with Crippen LogP contribution in [0.4, 0.5) is 0 Å². The molecule has 0 N–H and O–H groups in total. The van der Waals surface area contributed by atoms with Gasteiger partial charge in [-0.25, -0.2) is 9.67 Å². The molecule has 1 rings (SSSR count). The number of hydrogen-bond acceptors (Lipinski definition) is 5. The van der Waals surface area contributed by atoms with Crippen molar-refractivity contribution < 1.29 is 9.63 Å². The molecule has 0 radical (unpaired) electrons. The van der Waals surface area contributed by atoms with Crippen LogP contribution in [0.5, 0.6) is 0 Å². The molecule has 0 aliphatic rings. The van der Waals surface area contributed by atoms with Crippen LogP contribution in [0.2, 0.25) is 0 Å². The standard InChI is InChI=1S/C7H10N4O2/c1-6(10-13-2)7(12)3-11-5-8-4-9-11/h4-5H,3H2,1-2H3. The maximum atomic E-state index is 11.3. The Bertz CT molecular complexity index is 304. The first-order valence-electron chi connectivity index (χ1n) is 3.67. The van der Waals surface area contributed by atoms with Crippen molar-refractivity contribution in [3.8, 4) is 0 Å². The number of oxime groups is 1. The predicted molar refractivity (Wildman–Crippen MR) is 45.1 cm³/mol. The van der Waals surface area contributed by atoms with Crippen molar-refractivity contribution >= 4 is 11.5 Å². The van der Waals surface area contributed by atoms with Gasteiger partial charge in [0.2, 0.25) is 5.78 Å². The lowest BCUT2D eigenvalue weighted by molar-refractivity contribution is -0.113. The summed E-state index contributed by atoms with van der Waals surface area (Å²) in [7, 11) is 1.40. The number of carbonyl (C=O) groups is 1. The molecule has 0 unspecified atom stereocenters. The summed E-state index contributed by atoms with van der Waals surface area (Å²) >= 11 is 0. The van der Waals surface area contributed by atoms with E-state index in [1.807, 2.05) is 0 Å². The van der Waals surface area contributed by atoms with Crippen molar-refractivity contribution in [3.05, 3.63) is 12.7 Å². The van der Waals surface area contributed by atoms with Crippen molar-refractivity contribution in [2.75, 3.05) is 7.11 Å². The van der Waals surface area contributed by atoms with Gasteiger partial charge < -0.3 is 4.84 Å². The molecular weight excluding hydrogens is 172 g/mol. The van der Waals surface area contributed by atoms with Crippen molar-refractivity contribution in [1.82, 2.24) is 14.8 Å². The predicted octanol–water partition coefficient (Wildman–Crippen LogP) is -0.131. The van der Waals surface area contributed by atoms with Crippen LogP contribution < -0.4 is 0 Å². The fourth-order valence-electron chi connectivity index (χ4n) is 0.764. The van der Waals surface area contributed by atoms with E-state index in [0.717, 1.165) is 0 Å². The van der Waals surface area contributed by atoms with Crippen LogP contribution in [0.25, 0.3) is 0 Å². The van der Waals surface area contributed by atoms with Crippen LogP contribution in [0.15, 0.2) is 17.8 Å². The van der Waals surface area contributed by atoms with E-state index in [1.54, 1.807) is 6.92 Å². The summed E-state index contributed by atoms with van der Waals surface area (Å²) < 4.78 is 1.43. The van der Waals surface area contributed by atoms with Crippen molar-refractivity contribution in [2.45, 2.75) is 13.5 Å². The van der Waals surface area contributed by atoms with Gasteiger partial charge in [-0.3, -0.25) is 4.79 Å². The van der Waals surface area contributed by atoms with E-state index < -0.39 is 0 Å². The Balaban J connectivity index is 2.56. The van der Waals surface area contributed by atoms with Gasteiger partial charge in [-0.2, -0.15) is 5.10 Å². The molecule has 0 aliphatic carbocycles. The number of rotatable bonds is 4. The van der Waals surface area contributed by atoms with Gasteiger partial charge in [0.1, 0.15) is 32.0 Å². The Labute approximate surface area is 75.2 Å². The van der Waals surface area contributed by atoms with E-state index in [0.29, 0.717) is 5.71 Å². The van der Waals surface area contributed by atoms with Crippen molar-refractivity contribution in [2.24, 2.45) is 5.16 Å². The first-order valence-corrected chi connectivity index (χ1v) is 3.67. The van der Waals surface area contributed by atoms with Crippen LogP contribution in [-0.2, 0) is 16.2 Å². The largest absolute Gasteiger partial charge is 0.399 e. The third kappa shape index (κ3) is 2.66. The minimum Gasteiger partial charge on any atom is -0.399 e. The maximum absolute atomic E-state index is 11.3. The topological polar surface area (TPSA) is 69.4 Å². The van der Waals surface area contributed by atoms with Crippen LogP contribution in [0.3, 0.4) is 0 Å². The fraction of sp³-hybridized carbons (Fsp3) is 0.429. The Morgan fingerprint density at radius 3 is 3.00 bits per heavy atom. The fourth-order valence-corrected chi connectivity index (χ4v) is 0.764. The van der Waals surface area contributed by atoms with Crippen LogP contribution in [-0.4, -0.2) is 33.4 Å². The Kier molecular flexibility index (Phi) is 3.13. The minimum absolute atomic E-state index is 0.138. The molecule has 1 heterocycles. The number of ketones is 1. The van der Waals surface area contributed by atoms with Gasteiger partial charge in [-0.1, -0.05) is 5.16 Å². The number of aromatic nitrogens is 3. The molecule has 1 aromatic heterocycles. The second kappa shape index (κ2) is 4.34. The molecule has 6 nitrogen and oxygen atoms in total. The van der Waals surface area contributed by atoms with Gasteiger partial charge in [0.25, 0.3) is 0 Å². The summed E-state index contributed by atoms with van der Waals surface area (Å²) in [5.74, 6) is -0.146. The number of Topliss-reactive ketones (excluding diaryl/α,β-unsaturated/α-hetero) is 1. The van der Waals surface area contributed by atoms with E-state index in [-0.39, 0.29) is 12.3 Å². The van der Waals surface area contributed by atoms with Crippen LogP contribution in [0.1, 0.15) is 6.92 Å². The van der Waals surface area contributed by atoms with Gasteiger partial charge in [0.05, 0.1) is 0 Å². The molecule has 0 saturated heterocycles. The summed E-state index contributed by atoms with van der Waals surface area (Å²) in [5, 5.41) is 7.30. The molecule has 0 amide bonds. The van der Waals surface area contributed by atoms with Crippen molar-refractivity contribution in [3.63, 3.8) is 0 Å². The first kappa shape index (κ1) is 9.37. The zero-order chi connectivity index (χ0) is 9.68. The molecule has 70 valence electrons. The SMILES string of the molecule is CON=C(C)C(=O)Cn1cncn1. The Morgan fingerprint density at radius 1 is 1.69 bits per heavy atom. The molecule has 0 aliphatic heterocycles. The molecule has 6 heteroatoms. The lowest BCUT2D eigenvalue weighted by atomic mass is 10.3. The Morgan fingerprint density at radius 2 is 2.46 bits per heavy atom. The number of hydrogen-bond donors (Lipinski definition) is 0. The quantitative estimate of drug-likeness (QED) is 0.480. The molecule has 0 bridgehead atoms. The third-order valence-corrected chi connectivity index (χ3v) is 1.40.